The Labute approximate surface area is 211 Å². The zero-order valence-electron chi connectivity index (χ0n) is 18.5. The van der Waals surface area contributed by atoms with Crippen molar-refractivity contribution in [1.82, 2.24) is 14.9 Å². The third-order valence-corrected chi connectivity index (χ3v) is 7.17. The maximum Gasteiger partial charge on any atom is 0.266 e. The second kappa shape index (κ2) is 9.02. The molecular weight excluding hydrogens is 474 g/mol. The summed E-state index contributed by atoms with van der Waals surface area (Å²) in [5.41, 5.74) is 5.09. The number of carbonyl (C=O) groups excluding carboxylic acids is 1. The monoisotopic (exact) mass is 493 g/mol. The Morgan fingerprint density at radius 2 is 1.60 bits per heavy atom. The number of hydrogen-bond acceptors (Lipinski definition) is 5. The molecule has 1 saturated heterocycles. The number of aromatic nitrogens is 2. The first-order valence-electron chi connectivity index (χ1n) is 11.1. The van der Waals surface area contributed by atoms with Crippen molar-refractivity contribution < 1.29 is 9.21 Å². The molecule has 0 aliphatic carbocycles. The van der Waals surface area contributed by atoms with E-state index in [-0.39, 0.29) is 5.91 Å². The van der Waals surface area contributed by atoms with Crippen LogP contribution in [-0.4, -0.2) is 25.1 Å². The molecule has 0 unspecified atom stereocenters. The molecule has 3 heterocycles. The third kappa shape index (κ3) is 4.32. The smallest absolute Gasteiger partial charge is 0.266 e. The summed E-state index contributed by atoms with van der Waals surface area (Å²) in [7, 11) is 0. The lowest BCUT2D eigenvalue weighted by atomic mass is 10.0. The minimum Gasteiger partial charge on any atom is -0.457 e. The summed E-state index contributed by atoms with van der Waals surface area (Å²) in [4.78, 5) is 23.0. The zero-order chi connectivity index (χ0) is 23.8. The molecular formula is C28H19N3O2S2. The van der Waals surface area contributed by atoms with Gasteiger partial charge < -0.3 is 9.40 Å². The van der Waals surface area contributed by atoms with E-state index < -0.39 is 0 Å². The van der Waals surface area contributed by atoms with Crippen LogP contribution < -0.4 is 0 Å². The average molecular weight is 494 g/mol. The lowest BCUT2D eigenvalue weighted by Gasteiger charge is -2.12. The highest BCUT2D eigenvalue weighted by Crippen LogP contribution is 2.35. The topological polar surface area (TPSA) is 62.1 Å². The van der Waals surface area contributed by atoms with Crippen molar-refractivity contribution in [2.75, 3.05) is 0 Å². The van der Waals surface area contributed by atoms with Crippen LogP contribution in [0.1, 0.15) is 11.6 Å². The lowest BCUT2D eigenvalue weighted by Crippen LogP contribution is -2.27. The number of nitrogens with zero attached hydrogens (tertiary/aromatic N) is 2. The highest BCUT2D eigenvalue weighted by molar-refractivity contribution is 8.26. The molecule has 170 valence electrons. The molecule has 3 aromatic carbocycles. The number of aromatic amines is 1. The van der Waals surface area contributed by atoms with Gasteiger partial charge in [-0.25, -0.2) is 4.98 Å². The molecule has 1 aliphatic heterocycles. The highest BCUT2D eigenvalue weighted by atomic mass is 32.2. The number of nitrogens with one attached hydrogen (secondary N) is 1. The maximum atomic E-state index is 13.1. The van der Waals surface area contributed by atoms with Crippen LogP contribution in [0.25, 0.3) is 39.6 Å². The number of thioether (sulfide) groups is 1. The van der Waals surface area contributed by atoms with Gasteiger partial charge in [-0.15, -0.1) is 0 Å². The first-order chi connectivity index (χ1) is 17.1. The van der Waals surface area contributed by atoms with Gasteiger partial charge in [0, 0.05) is 11.6 Å². The van der Waals surface area contributed by atoms with Gasteiger partial charge in [0.1, 0.15) is 21.7 Å². The summed E-state index contributed by atoms with van der Waals surface area (Å²) < 4.78 is 6.54. The number of carbonyl (C=O) groups is 1. The van der Waals surface area contributed by atoms with Gasteiger partial charge in [0.15, 0.2) is 0 Å². The molecule has 1 N–H and O–H groups in total. The quantitative estimate of drug-likeness (QED) is 0.213. The Balaban J connectivity index is 1.19. The van der Waals surface area contributed by atoms with Crippen LogP contribution in [0.3, 0.4) is 0 Å². The molecule has 0 bridgehead atoms. The Morgan fingerprint density at radius 1 is 0.886 bits per heavy atom. The number of fused-ring (bicyclic) bond motifs is 1. The molecule has 5 aromatic rings. The van der Waals surface area contributed by atoms with E-state index in [1.165, 1.54) is 17.3 Å². The molecule has 1 fully saturated rings. The molecule has 1 amide bonds. The second-order valence-corrected chi connectivity index (χ2v) is 9.79. The standard InChI is InChI=1S/C28H19N3O2S2/c32-27-25(35-28(34)31(27)17-26-29-22-8-4-5-9-23(22)30-26)16-21-14-15-24(33-21)20-12-10-19(11-13-20)18-6-2-1-3-7-18/h1-16H,17H2,(H,29,30)/b25-16-. The molecule has 0 radical (unpaired) electrons. The van der Waals surface area contributed by atoms with Gasteiger partial charge in [0.05, 0.1) is 22.5 Å². The van der Waals surface area contributed by atoms with Gasteiger partial charge in [0.25, 0.3) is 5.91 Å². The van der Waals surface area contributed by atoms with E-state index >= 15 is 0 Å². The van der Waals surface area contributed by atoms with Crippen molar-refractivity contribution in [1.29, 1.82) is 0 Å². The van der Waals surface area contributed by atoms with Crippen LogP contribution >= 0.6 is 24.0 Å². The first kappa shape index (κ1) is 21.6. The van der Waals surface area contributed by atoms with Crippen molar-refractivity contribution in [2.45, 2.75) is 6.54 Å². The number of hydrogen-bond donors (Lipinski definition) is 1. The largest absolute Gasteiger partial charge is 0.457 e. The number of para-hydroxylation sites is 2. The molecule has 5 nitrogen and oxygen atoms in total. The molecule has 0 saturated carbocycles. The number of imidazole rings is 1. The van der Waals surface area contributed by atoms with Crippen LogP contribution in [0.5, 0.6) is 0 Å². The minimum absolute atomic E-state index is 0.148. The van der Waals surface area contributed by atoms with Crippen molar-refractivity contribution in [3.63, 3.8) is 0 Å². The number of thiocarbonyl (C=S) groups is 1. The summed E-state index contributed by atoms with van der Waals surface area (Å²) >= 11 is 6.75. The van der Waals surface area contributed by atoms with Crippen LogP contribution in [0.15, 0.2) is 100 Å². The maximum absolute atomic E-state index is 13.1. The number of furan rings is 1. The fourth-order valence-corrected chi connectivity index (χ4v) is 5.27. The molecule has 0 spiro atoms. The molecule has 35 heavy (non-hydrogen) atoms. The Bertz CT molecular complexity index is 1550. The number of rotatable bonds is 5. The van der Waals surface area contributed by atoms with Gasteiger partial charge >= 0.3 is 0 Å². The van der Waals surface area contributed by atoms with Crippen molar-refractivity contribution in [2.24, 2.45) is 0 Å². The normalized spacial score (nSPS) is 15.0. The fraction of sp³-hybridized carbons (Fsp3) is 0.0357. The van der Waals surface area contributed by atoms with Crippen molar-refractivity contribution in [3.05, 3.63) is 107 Å². The molecule has 2 aromatic heterocycles. The van der Waals surface area contributed by atoms with Gasteiger partial charge in [-0.1, -0.05) is 90.7 Å². The van der Waals surface area contributed by atoms with Crippen molar-refractivity contribution in [3.8, 4) is 22.5 Å². The molecule has 6 rings (SSSR count). The number of amides is 1. The van der Waals surface area contributed by atoms with E-state index in [4.69, 9.17) is 16.6 Å². The van der Waals surface area contributed by atoms with Crippen LogP contribution in [-0.2, 0) is 11.3 Å². The predicted octanol–water partition coefficient (Wildman–Crippen LogP) is 6.89. The van der Waals surface area contributed by atoms with E-state index in [1.807, 2.05) is 66.7 Å². The summed E-state index contributed by atoms with van der Waals surface area (Å²) in [6, 6.07) is 30.0. The van der Waals surface area contributed by atoms with Crippen LogP contribution in [0.4, 0.5) is 0 Å². The van der Waals surface area contributed by atoms with E-state index in [9.17, 15) is 4.79 Å². The summed E-state index contributed by atoms with van der Waals surface area (Å²) in [5.74, 6) is 1.90. The van der Waals surface area contributed by atoms with Gasteiger partial charge in [-0.05, 0) is 35.4 Å². The van der Waals surface area contributed by atoms with Crippen LogP contribution in [0.2, 0.25) is 0 Å². The molecule has 0 atom stereocenters. The van der Waals surface area contributed by atoms with E-state index in [1.54, 1.807) is 11.0 Å². The zero-order valence-corrected chi connectivity index (χ0v) is 20.1. The Morgan fingerprint density at radius 3 is 2.40 bits per heavy atom. The van der Waals surface area contributed by atoms with Crippen LogP contribution in [0, 0.1) is 0 Å². The summed E-state index contributed by atoms with van der Waals surface area (Å²) in [6.07, 6.45) is 1.75. The van der Waals surface area contributed by atoms with Gasteiger partial charge in [-0.2, -0.15) is 0 Å². The average Bonchev–Trinajstić information content (AvgIpc) is 3.59. The molecule has 1 aliphatic rings. The van der Waals surface area contributed by atoms with Crippen molar-refractivity contribution >= 4 is 51.3 Å². The SMILES string of the molecule is O=C1/C(=C/c2ccc(-c3ccc(-c4ccccc4)cc3)o2)SC(=S)N1Cc1nc2ccccc2[nH]1. The number of H-pyrrole nitrogens is 1. The fourth-order valence-electron chi connectivity index (χ4n) is 4.04. The number of benzene rings is 3. The minimum atomic E-state index is -0.148. The lowest BCUT2D eigenvalue weighted by molar-refractivity contribution is -0.122. The van der Waals surface area contributed by atoms with E-state index in [0.29, 0.717) is 27.4 Å². The predicted molar refractivity (Wildman–Crippen MR) is 144 cm³/mol. The Hall–Kier alpha value is -3.94. The first-order valence-corrected chi connectivity index (χ1v) is 12.3. The van der Waals surface area contributed by atoms with Gasteiger partial charge in [-0.3, -0.25) is 9.69 Å². The highest BCUT2D eigenvalue weighted by Gasteiger charge is 2.33. The summed E-state index contributed by atoms with van der Waals surface area (Å²) in [6.45, 7) is 0.299. The second-order valence-electron chi connectivity index (χ2n) is 8.11. The van der Waals surface area contributed by atoms with Gasteiger partial charge in [0.2, 0.25) is 0 Å². The third-order valence-electron chi connectivity index (χ3n) is 5.80. The summed E-state index contributed by atoms with van der Waals surface area (Å²) in [5, 5.41) is 0. The van der Waals surface area contributed by atoms with E-state index in [2.05, 4.69) is 34.2 Å². The van der Waals surface area contributed by atoms with E-state index in [0.717, 1.165) is 27.9 Å². The Kier molecular flexibility index (Phi) is 5.56. The molecule has 7 heteroatoms.